The maximum atomic E-state index is 5.77. The van der Waals surface area contributed by atoms with Crippen molar-refractivity contribution >= 4 is 0 Å². The normalized spacial score (nSPS) is 20.8. The van der Waals surface area contributed by atoms with Gasteiger partial charge in [-0.15, -0.1) is 0 Å². The number of nitrogens with zero attached hydrogens (tertiary/aromatic N) is 1. The molecule has 3 rings (SSSR count). The van der Waals surface area contributed by atoms with E-state index in [4.69, 9.17) is 4.42 Å². The largest absolute Gasteiger partial charge is 0.465 e. The number of furan rings is 1. The SMILES string of the molecule is Cc1ccc(C2NNCC2CNCCN(C)Cc2ccccc2)o1. The lowest BCUT2D eigenvalue weighted by Crippen LogP contribution is -2.34. The molecule has 130 valence electrons. The predicted octanol–water partition coefficient (Wildman–Crippen LogP) is 2.07. The summed E-state index contributed by atoms with van der Waals surface area (Å²) in [5.41, 5.74) is 7.94. The highest BCUT2D eigenvalue weighted by Gasteiger charge is 2.30. The second-order valence-electron chi connectivity index (χ2n) is 6.64. The van der Waals surface area contributed by atoms with E-state index in [-0.39, 0.29) is 6.04 Å². The highest BCUT2D eigenvalue weighted by atomic mass is 16.3. The molecular formula is C19H28N4O. The van der Waals surface area contributed by atoms with Crippen molar-refractivity contribution in [1.82, 2.24) is 21.1 Å². The highest BCUT2D eigenvalue weighted by Crippen LogP contribution is 2.25. The standard InChI is InChI=1S/C19H28N4O/c1-15-8-9-18(24-15)19-17(13-21-22-19)12-20-10-11-23(2)14-16-6-4-3-5-7-16/h3-9,17,19-22H,10-14H2,1-2H3. The van der Waals surface area contributed by atoms with E-state index in [0.29, 0.717) is 5.92 Å². The Bertz CT molecular complexity index is 613. The molecule has 1 saturated heterocycles. The molecule has 24 heavy (non-hydrogen) atoms. The van der Waals surface area contributed by atoms with Crippen molar-refractivity contribution in [2.45, 2.75) is 19.5 Å². The molecular weight excluding hydrogens is 300 g/mol. The van der Waals surface area contributed by atoms with Crippen molar-refractivity contribution in [1.29, 1.82) is 0 Å². The molecule has 1 aliphatic rings. The number of likely N-dealkylation sites (N-methyl/N-ethyl adjacent to an activating group) is 1. The zero-order valence-electron chi connectivity index (χ0n) is 14.6. The molecule has 1 aromatic heterocycles. The van der Waals surface area contributed by atoms with Crippen LogP contribution in [0.5, 0.6) is 0 Å². The zero-order valence-corrected chi connectivity index (χ0v) is 14.6. The molecule has 1 fully saturated rings. The van der Waals surface area contributed by atoms with E-state index >= 15 is 0 Å². The number of benzene rings is 1. The molecule has 5 heteroatoms. The molecule has 2 atom stereocenters. The van der Waals surface area contributed by atoms with Crippen molar-refractivity contribution in [2.24, 2.45) is 5.92 Å². The monoisotopic (exact) mass is 328 g/mol. The smallest absolute Gasteiger partial charge is 0.122 e. The maximum absolute atomic E-state index is 5.77. The van der Waals surface area contributed by atoms with Crippen molar-refractivity contribution in [2.75, 3.05) is 33.2 Å². The van der Waals surface area contributed by atoms with Crippen LogP contribution in [0.25, 0.3) is 0 Å². The van der Waals surface area contributed by atoms with Gasteiger partial charge in [-0.2, -0.15) is 0 Å². The number of aryl methyl sites for hydroxylation is 1. The Balaban J connectivity index is 1.38. The quantitative estimate of drug-likeness (QED) is 0.648. The van der Waals surface area contributed by atoms with Crippen LogP contribution in [-0.4, -0.2) is 38.1 Å². The lowest BCUT2D eigenvalue weighted by Gasteiger charge is -2.20. The van der Waals surface area contributed by atoms with E-state index in [0.717, 1.165) is 44.2 Å². The first-order valence-electron chi connectivity index (χ1n) is 8.70. The van der Waals surface area contributed by atoms with Crippen LogP contribution in [0.3, 0.4) is 0 Å². The van der Waals surface area contributed by atoms with Gasteiger partial charge >= 0.3 is 0 Å². The first-order valence-corrected chi connectivity index (χ1v) is 8.70. The number of hydrogen-bond donors (Lipinski definition) is 3. The van der Waals surface area contributed by atoms with Gasteiger partial charge in [0.1, 0.15) is 11.5 Å². The first-order chi connectivity index (χ1) is 11.7. The van der Waals surface area contributed by atoms with Crippen LogP contribution in [-0.2, 0) is 6.54 Å². The van der Waals surface area contributed by atoms with Gasteiger partial charge in [0, 0.05) is 38.6 Å². The van der Waals surface area contributed by atoms with Gasteiger partial charge in [0.2, 0.25) is 0 Å². The van der Waals surface area contributed by atoms with Crippen LogP contribution in [0.1, 0.15) is 23.1 Å². The first kappa shape index (κ1) is 17.2. The molecule has 0 bridgehead atoms. The molecule has 0 spiro atoms. The number of rotatable bonds is 8. The molecule has 0 saturated carbocycles. The molecule has 0 amide bonds. The van der Waals surface area contributed by atoms with Gasteiger partial charge in [0.15, 0.2) is 0 Å². The summed E-state index contributed by atoms with van der Waals surface area (Å²) in [6.07, 6.45) is 0. The second kappa shape index (κ2) is 8.44. The van der Waals surface area contributed by atoms with E-state index in [1.165, 1.54) is 5.56 Å². The number of hydrogen-bond acceptors (Lipinski definition) is 5. The van der Waals surface area contributed by atoms with Gasteiger partial charge < -0.3 is 14.6 Å². The third kappa shape index (κ3) is 4.68. The Morgan fingerprint density at radius 2 is 2.04 bits per heavy atom. The van der Waals surface area contributed by atoms with Gasteiger partial charge in [-0.25, -0.2) is 5.43 Å². The van der Waals surface area contributed by atoms with Gasteiger partial charge in [-0.1, -0.05) is 30.3 Å². The molecule has 1 aliphatic heterocycles. The topological polar surface area (TPSA) is 52.5 Å². The van der Waals surface area contributed by atoms with Crippen LogP contribution in [0.15, 0.2) is 46.9 Å². The van der Waals surface area contributed by atoms with Gasteiger partial charge in [-0.05, 0) is 31.7 Å². The molecule has 2 aromatic rings. The summed E-state index contributed by atoms with van der Waals surface area (Å²) < 4.78 is 5.77. The van der Waals surface area contributed by atoms with Gasteiger partial charge in [-0.3, -0.25) is 5.43 Å². The predicted molar refractivity (Wildman–Crippen MR) is 96.5 cm³/mol. The average Bonchev–Trinajstić information content (AvgIpc) is 3.21. The highest BCUT2D eigenvalue weighted by molar-refractivity contribution is 5.14. The molecule has 3 N–H and O–H groups in total. The number of hydrazine groups is 1. The summed E-state index contributed by atoms with van der Waals surface area (Å²) in [6.45, 7) is 6.93. The molecule has 2 heterocycles. The van der Waals surface area contributed by atoms with Crippen molar-refractivity contribution in [3.63, 3.8) is 0 Å². The van der Waals surface area contributed by atoms with Crippen molar-refractivity contribution in [3.8, 4) is 0 Å². The Morgan fingerprint density at radius 3 is 2.79 bits per heavy atom. The molecule has 2 unspecified atom stereocenters. The van der Waals surface area contributed by atoms with E-state index < -0.39 is 0 Å². The third-order valence-corrected chi connectivity index (χ3v) is 4.53. The summed E-state index contributed by atoms with van der Waals surface area (Å²) in [6, 6.07) is 14.9. The van der Waals surface area contributed by atoms with Gasteiger partial charge in [0.25, 0.3) is 0 Å². The minimum Gasteiger partial charge on any atom is -0.465 e. The summed E-state index contributed by atoms with van der Waals surface area (Å²) in [5.74, 6) is 2.48. The summed E-state index contributed by atoms with van der Waals surface area (Å²) in [5, 5.41) is 3.59. The van der Waals surface area contributed by atoms with Gasteiger partial charge in [0.05, 0.1) is 6.04 Å². The minimum atomic E-state index is 0.244. The second-order valence-corrected chi connectivity index (χ2v) is 6.64. The van der Waals surface area contributed by atoms with Crippen molar-refractivity contribution in [3.05, 3.63) is 59.5 Å². The summed E-state index contributed by atoms with van der Waals surface area (Å²) in [4.78, 5) is 2.35. The minimum absolute atomic E-state index is 0.244. The Labute approximate surface area is 144 Å². The van der Waals surface area contributed by atoms with Crippen LogP contribution in [0.4, 0.5) is 0 Å². The molecule has 5 nitrogen and oxygen atoms in total. The fourth-order valence-corrected chi connectivity index (χ4v) is 3.18. The van der Waals surface area contributed by atoms with E-state index in [1.807, 2.05) is 13.0 Å². The van der Waals surface area contributed by atoms with Crippen molar-refractivity contribution < 1.29 is 4.42 Å². The number of nitrogens with one attached hydrogen (secondary N) is 3. The zero-order chi connectivity index (χ0) is 16.8. The Hall–Kier alpha value is -1.66. The fraction of sp³-hybridized carbons (Fsp3) is 0.474. The van der Waals surface area contributed by atoms with E-state index in [9.17, 15) is 0 Å². The molecule has 1 aromatic carbocycles. The summed E-state index contributed by atoms with van der Waals surface area (Å²) in [7, 11) is 2.17. The fourth-order valence-electron chi connectivity index (χ4n) is 3.18. The lowest BCUT2D eigenvalue weighted by atomic mass is 10.00. The molecule has 0 aliphatic carbocycles. The van der Waals surface area contributed by atoms with E-state index in [2.05, 4.69) is 64.5 Å². The molecule has 0 radical (unpaired) electrons. The Kier molecular flexibility index (Phi) is 6.04. The van der Waals surface area contributed by atoms with Crippen LogP contribution < -0.4 is 16.2 Å². The van der Waals surface area contributed by atoms with Crippen LogP contribution >= 0.6 is 0 Å². The van der Waals surface area contributed by atoms with Crippen LogP contribution in [0.2, 0.25) is 0 Å². The third-order valence-electron chi connectivity index (χ3n) is 4.53. The Morgan fingerprint density at radius 1 is 1.21 bits per heavy atom. The maximum Gasteiger partial charge on any atom is 0.122 e. The average molecular weight is 328 g/mol. The van der Waals surface area contributed by atoms with E-state index in [1.54, 1.807) is 0 Å². The van der Waals surface area contributed by atoms with Crippen LogP contribution in [0, 0.1) is 12.8 Å². The summed E-state index contributed by atoms with van der Waals surface area (Å²) >= 11 is 0. The lowest BCUT2D eigenvalue weighted by molar-refractivity contribution is 0.313.